The van der Waals surface area contributed by atoms with E-state index in [4.69, 9.17) is 21.3 Å². The third-order valence-electron chi connectivity index (χ3n) is 5.32. The SMILES string of the molecule is CCN/C1=C(\C(=N)C(F)(F)F)C/C(=N/NC)C(=N)c2ccc(F)cc2C(C)Oc2cc1cnc2N. The van der Waals surface area contributed by atoms with Gasteiger partial charge in [0.2, 0.25) is 0 Å². The maximum absolute atomic E-state index is 14.2. The Labute approximate surface area is 199 Å². The van der Waals surface area contributed by atoms with Gasteiger partial charge in [0, 0.05) is 54.2 Å². The minimum absolute atomic E-state index is 0.0173. The van der Waals surface area contributed by atoms with Gasteiger partial charge in [0.15, 0.2) is 11.6 Å². The Kier molecular flexibility index (Phi) is 7.42. The number of halogens is 4. The molecule has 35 heavy (non-hydrogen) atoms. The number of ether oxygens (including phenoxy) is 1. The fourth-order valence-electron chi connectivity index (χ4n) is 3.71. The predicted molar refractivity (Wildman–Crippen MR) is 126 cm³/mol. The summed E-state index contributed by atoms with van der Waals surface area (Å²) in [5.74, 6) is -0.541. The highest BCUT2D eigenvalue weighted by Crippen LogP contribution is 2.34. The second-order valence-electron chi connectivity index (χ2n) is 7.69. The fourth-order valence-corrected chi connectivity index (χ4v) is 3.71. The molecule has 3 rings (SSSR count). The summed E-state index contributed by atoms with van der Waals surface area (Å²) in [6, 6.07) is 5.08. The van der Waals surface area contributed by atoms with Gasteiger partial charge >= 0.3 is 6.18 Å². The number of nitrogens with zero attached hydrogens (tertiary/aromatic N) is 2. The van der Waals surface area contributed by atoms with Crippen LogP contribution in [0.2, 0.25) is 0 Å². The van der Waals surface area contributed by atoms with Crippen LogP contribution in [-0.4, -0.2) is 41.9 Å². The Morgan fingerprint density at radius 2 is 2.03 bits per heavy atom. The lowest BCUT2D eigenvalue weighted by molar-refractivity contribution is -0.0590. The van der Waals surface area contributed by atoms with E-state index < -0.39 is 35.8 Å². The average Bonchev–Trinajstić information content (AvgIpc) is 2.80. The summed E-state index contributed by atoms with van der Waals surface area (Å²) >= 11 is 0. The smallest absolute Gasteiger partial charge is 0.433 e. The number of hydrogen-bond acceptors (Lipinski definition) is 8. The molecule has 12 heteroatoms. The minimum atomic E-state index is -4.98. The van der Waals surface area contributed by atoms with Crippen molar-refractivity contribution in [3.63, 3.8) is 0 Å². The molecule has 1 unspecified atom stereocenters. The van der Waals surface area contributed by atoms with E-state index in [1.165, 1.54) is 31.4 Å². The van der Waals surface area contributed by atoms with Crippen molar-refractivity contribution >= 4 is 28.6 Å². The van der Waals surface area contributed by atoms with Crippen molar-refractivity contribution in [3.05, 3.63) is 58.5 Å². The zero-order valence-electron chi connectivity index (χ0n) is 19.3. The highest BCUT2D eigenvalue weighted by Gasteiger charge is 2.39. The summed E-state index contributed by atoms with van der Waals surface area (Å²) in [4.78, 5) is 4.06. The van der Waals surface area contributed by atoms with Crippen LogP contribution in [0, 0.1) is 16.6 Å². The Morgan fingerprint density at radius 3 is 2.66 bits per heavy atom. The molecule has 0 saturated carbocycles. The highest BCUT2D eigenvalue weighted by molar-refractivity contribution is 6.48. The van der Waals surface area contributed by atoms with Gasteiger partial charge in [-0.05, 0) is 38.1 Å². The Bertz CT molecular complexity index is 1220. The second-order valence-corrected chi connectivity index (χ2v) is 7.69. The van der Waals surface area contributed by atoms with E-state index in [1.807, 2.05) is 0 Å². The summed E-state index contributed by atoms with van der Waals surface area (Å²) in [6.45, 7) is 3.56. The summed E-state index contributed by atoms with van der Waals surface area (Å²) in [6.07, 6.45) is -5.02. The van der Waals surface area contributed by atoms with Crippen molar-refractivity contribution in [2.45, 2.75) is 32.5 Å². The third-order valence-corrected chi connectivity index (χ3v) is 5.32. The summed E-state index contributed by atoms with van der Waals surface area (Å²) in [7, 11) is 1.44. The van der Waals surface area contributed by atoms with Crippen molar-refractivity contribution in [2.75, 3.05) is 19.3 Å². The topological polar surface area (TPSA) is 132 Å². The van der Waals surface area contributed by atoms with Crippen LogP contribution in [0.4, 0.5) is 23.4 Å². The van der Waals surface area contributed by atoms with Gasteiger partial charge in [-0.3, -0.25) is 10.8 Å². The summed E-state index contributed by atoms with van der Waals surface area (Å²) in [5.41, 5.74) is 6.74. The molecule has 186 valence electrons. The van der Waals surface area contributed by atoms with Crippen LogP contribution >= 0.6 is 0 Å². The molecule has 0 spiro atoms. The van der Waals surface area contributed by atoms with Crippen molar-refractivity contribution < 1.29 is 22.3 Å². The van der Waals surface area contributed by atoms with Crippen LogP contribution in [0.15, 0.2) is 41.1 Å². The number of hydrogen-bond donors (Lipinski definition) is 5. The minimum Gasteiger partial charge on any atom is -0.482 e. The van der Waals surface area contributed by atoms with Gasteiger partial charge in [-0.1, -0.05) is 0 Å². The van der Waals surface area contributed by atoms with Crippen molar-refractivity contribution in [3.8, 4) is 5.75 Å². The summed E-state index contributed by atoms with van der Waals surface area (Å²) in [5, 5.41) is 23.6. The first-order chi connectivity index (χ1) is 16.5. The maximum Gasteiger partial charge on any atom is 0.433 e. The number of rotatable bonds is 4. The van der Waals surface area contributed by atoms with Gasteiger partial charge in [0.25, 0.3) is 0 Å². The number of hydrazone groups is 1. The van der Waals surface area contributed by atoms with Crippen LogP contribution in [-0.2, 0) is 0 Å². The molecule has 8 nitrogen and oxygen atoms in total. The molecule has 6 N–H and O–H groups in total. The van der Waals surface area contributed by atoms with Gasteiger partial charge in [-0.25, -0.2) is 9.37 Å². The quantitative estimate of drug-likeness (QED) is 0.249. The molecule has 1 aromatic heterocycles. The maximum atomic E-state index is 14.2. The van der Waals surface area contributed by atoms with Crippen LogP contribution in [0.3, 0.4) is 0 Å². The molecule has 0 aliphatic carbocycles. The summed E-state index contributed by atoms with van der Waals surface area (Å²) < 4.78 is 61.5. The van der Waals surface area contributed by atoms with Gasteiger partial charge in [0.05, 0.1) is 11.4 Å². The molecular weight excluding hydrogens is 466 g/mol. The Balaban J connectivity index is 2.40. The molecule has 2 bridgehead atoms. The van der Waals surface area contributed by atoms with E-state index in [2.05, 4.69) is 20.8 Å². The lowest BCUT2D eigenvalue weighted by Crippen LogP contribution is -2.31. The number of fused-ring (bicyclic) bond motifs is 3. The van der Waals surface area contributed by atoms with Crippen LogP contribution < -0.4 is 21.2 Å². The molecule has 0 radical (unpaired) electrons. The van der Waals surface area contributed by atoms with Crippen molar-refractivity contribution in [1.29, 1.82) is 10.8 Å². The standard InChI is InChI=1S/C23H25F4N7O/c1-4-32-20-12-7-18(22(30)33-10-12)35-11(2)15-8-13(24)5-6-14(15)19(28)17(34-31-3)9-16(20)21(29)23(25,26)27/h5-8,10-11,28-29,31-32H,4,9H2,1-3H3,(H2,30,33)/b20-16-,28-19?,29-21?,34-17-. The molecule has 1 aliphatic rings. The first kappa shape index (κ1) is 25.7. The van der Waals surface area contributed by atoms with Gasteiger partial charge in [-0.2, -0.15) is 18.3 Å². The van der Waals surface area contributed by atoms with Crippen LogP contribution in [0.5, 0.6) is 5.75 Å². The molecule has 0 fully saturated rings. The second kappa shape index (κ2) is 10.1. The molecule has 0 saturated heterocycles. The van der Waals surface area contributed by atoms with E-state index in [0.717, 1.165) is 6.07 Å². The number of nitrogens with two attached hydrogens (primary N) is 1. The third kappa shape index (κ3) is 5.42. The fraction of sp³-hybridized carbons (Fsp3) is 0.304. The largest absolute Gasteiger partial charge is 0.482 e. The lowest BCUT2D eigenvalue weighted by Gasteiger charge is -2.24. The zero-order valence-corrected chi connectivity index (χ0v) is 19.3. The normalized spacial score (nSPS) is 19.8. The van der Waals surface area contributed by atoms with Crippen LogP contribution in [0.1, 0.15) is 43.1 Å². The van der Waals surface area contributed by atoms with Gasteiger partial charge in [0.1, 0.15) is 17.6 Å². The van der Waals surface area contributed by atoms with E-state index >= 15 is 0 Å². The van der Waals surface area contributed by atoms with Gasteiger partial charge in [-0.15, -0.1) is 0 Å². The zero-order chi connectivity index (χ0) is 25.9. The Hall–Kier alpha value is -3.96. The number of alkyl halides is 3. The van der Waals surface area contributed by atoms with E-state index in [-0.39, 0.29) is 51.9 Å². The number of nitrogens with one attached hydrogen (secondary N) is 4. The lowest BCUT2D eigenvalue weighted by atomic mass is 9.90. The number of aromatic nitrogens is 1. The first-order valence-corrected chi connectivity index (χ1v) is 10.7. The number of benzene rings is 1. The number of anilines is 1. The monoisotopic (exact) mass is 491 g/mol. The molecule has 1 aliphatic heterocycles. The molecule has 2 heterocycles. The molecule has 1 aromatic carbocycles. The number of pyridine rings is 1. The number of allylic oxidation sites excluding steroid dienone is 1. The Morgan fingerprint density at radius 1 is 1.31 bits per heavy atom. The van der Waals surface area contributed by atoms with Crippen molar-refractivity contribution in [1.82, 2.24) is 15.7 Å². The molecule has 0 amide bonds. The van der Waals surface area contributed by atoms with Crippen molar-refractivity contribution in [2.24, 2.45) is 5.10 Å². The number of nitrogen functional groups attached to an aromatic ring is 1. The van der Waals surface area contributed by atoms with E-state index in [9.17, 15) is 17.6 Å². The van der Waals surface area contributed by atoms with E-state index in [0.29, 0.717) is 0 Å². The predicted octanol–water partition coefficient (Wildman–Crippen LogP) is 4.19. The molecule has 2 aromatic rings. The average molecular weight is 491 g/mol. The molecule has 1 atom stereocenters. The van der Waals surface area contributed by atoms with Crippen LogP contribution in [0.25, 0.3) is 5.70 Å². The van der Waals surface area contributed by atoms with Gasteiger partial charge < -0.3 is 21.2 Å². The van der Waals surface area contributed by atoms with E-state index in [1.54, 1.807) is 13.8 Å². The molecular formula is C23H25F4N7O. The highest BCUT2D eigenvalue weighted by atomic mass is 19.4. The first-order valence-electron chi connectivity index (χ1n) is 10.7.